The summed E-state index contributed by atoms with van der Waals surface area (Å²) in [7, 11) is -5.71. The molecule has 10 nitrogen and oxygen atoms in total. The van der Waals surface area contributed by atoms with Gasteiger partial charge in [-0.2, -0.15) is 21.6 Å². The number of aryl methyl sites for hydroxylation is 3. The summed E-state index contributed by atoms with van der Waals surface area (Å²) < 4.78 is 70.0. The number of hydrogen-bond donors (Lipinski definition) is 1. The topological polar surface area (TPSA) is 126 Å². The molecule has 1 aliphatic heterocycles. The van der Waals surface area contributed by atoms with Crippen LogP contribution in [-0.4, -0.2) is 49.6 Å². The molecular formula is C23H29F3N6O4S. The molecule has 0 amide bonds. The van der Waals surface area contributed by atoms with Gasteiger partial charge in [-0.1, -0.05) is 13.8 Å². The summed E-state index contributed by atoms with van der Waals surface area (Å²) in [6.45, 7) is 10.3. The number of azo groups is 1. The van der Waals surface area contributed by atoms with Gasteiger partial charge in [0.1, 0.15) is 11.3 Å². The number of esters is 1. The van der Waals surface area contributed by atoms with Crippen LogP contribution in [-0.2, 0) is 21.2 Å². The molecular weight excluding hydrogens is 513 g/mol. The molecule has 0 saturated heterocycles. The van der Waals surface area contributed by atoms with Crippen LogP contribution in [0.3, 0.4) is 0 Å². The van der Waals surface area contributed by atoms with Crippen molar-refractivity contribution in [3.8, 4) is 0 Å². The fraction of sp³-hybridized carbons (Fsp3) is 0.522. The number of benzene rings is 1. The zero-order valence-corrected chi connectivity index (χ0v) is 22.0. The van der Waals surface area contributed by atoms with Crippen molar-refractivity contribution in [3.63, 3.8) is 0 Å². The van der Waals surface area contributed by atoms with Crippen molar-refractivity contribution in [2.75, 3.05) is 29.3 Å². The first kappa shape index (κ1) is 28.3. The van der Waals surface area contributed by atoms with Crippen LogP contribution in [0.1, 0.15) is 54.5 Å². The van der Waals surface area contributed by atoms with Gasteiger partial charge in [0, 0.05) is 18.8 Å². The Hall–Kier alpha value is -3.29. The van der Waals surface area contributed by atoms with E-state index in [1.165, 1.54) is 12.1 Å². The van der Waals surface area contributed by atoms with Gasteiger partial charge in [0.25, 0.3) is 5.95 Å². The fourth-order valence-electron chi connectivity index (χ4n) is 4.03. The van der Waals surface area contributed by atoms with Crippen LogP contribution in [0.4, 0.5) is 36.2 Å². The van der Waals surface area contributed by atoms with Gasteiger partial charge in [-0.25, -0.2) is 14.8 Å². The highest BCUT2D eigenvalue weighted by Crippen LogP contribution is 2.39. The van der Waals surface area contributed by atoms with E-state index in [1.54, 1.807) is 25.5 Å². The molecule has 0 saturated carbocycles. The van der Waals surface area contributed by atoms with Crippen molar-refractivity contribution >= 4 is 39.0 Å². The number of hydrogen-bond acceptors (Lipinski definition) is 9. The lowest BCUT2D eigenvalue weighted by molar-refractivity contribution is -0.0429. The molecule has 1 aromatic carbocycles. The third kappa shape index (κ3) is 6.53. The Morgan fingerprint density at radius 1 is 1.19 bits per heavy atom. The lowest BCUT2D eigenvalue weighted by atomic mass is 9.99. The first-order valence-electron chi connectivity index (χ1n) is 11.7. The van der Waals surface area contributed by atoms with Crippen LogP contribution >= 0.6 is 0 Å². The minimum absolute atomic E-state index is 0.119. The Kier molecular flexibility index (Phi) is 8.40. The standard InChI is InChI=1S/C23H29F3N6O4S/c1-6-36-21(33)20-14(4)27-22(28-15(20)5)30-29-17-10-16-8-7-9-32(12-13(2)3)19(16)11-18(17)31-37(34,35)23(24,25)26/h10-11,13,31H,6-9,12H2,1-5H3. The van der Waals surface area contributed by atoms with Gasteiger partial charge in [0.05, 0.1) is 23.7 Å². The summed E-state index contributed by atoms with van der Waals surface area (Å²) in [4.78, 5) is 22.4. The van der Waals surface area contributed by atoms with Gasteiger partial charge in [0.2, 0.25) is 0 Å². The van der Waals surface area contributed by atoms with Crippen molar-refractivity contribution < 1.29 is 31.1 Å². The second-order valence-corrected chi connectivity index (χ2v) is 10.7. The zero-order valence-electron chi connectivity index (χ0n) is 21.2. The van der Waals surface area contributed by atoms with E-state index in [2.05, 4.69) is 20.2 Å². The van der Waals surface area contributed by atoms with Crippen LogP contribution in [0.2, 0.25) is 0 Å². The van der Waals surface area contributed by atoms with E-state index in [0.717, 1.165) is 12.0 Å². The maximum Gasteiger partial charge on any atom is 0.516 e. The molecule has 1 aliphatic rings. The van der Waals surface area contributed by atoms with Gasteiger partial charge in [-0.05, 0) is 57.2 Å². The number of ether oxygens (including phenoxy) is 1. The van der Waals surface area contributed by atoms with Crippen LogP contribution in [0.15, 0.2) is 22.4 Å². The number of halogens is 3. The summed E-state index contributed by atoms with van der Waals surface area (Å²) in [5, 5.41) is 7.94. The Bertz CT molecular complexity index is 1290. The Labute approximate surface area is 213 Å². The maximum atomic E-state index is 13.2. The number of rotatable bonds is 8. The number of nitrogens with zero attached hydrogens (tertiary/aromatic N) is 5. The fourth-order valence-corrected chi connectivity index (χ4v) is 4.60. The molecule has 1 aromatic heterocycles. The molecule has 0 aliphatic carbocycles. The van der Waals surface area contributed by atoms with Crippen LogP contribution in [0, 0.1) is 19.8 Å². The third-order valence-corrected chi connectivity index (χ3v) is 6.63. The highest BCUT2D eigenvalue weighted by Gasteiger charge is 2.46. The lowest BCUT2D eigenvalue weighted by Crippen LogP contribution is -2.33. The number of anilines is 2. The van der Waals surface area contributed by atoms with Gasteiger partial charge < -0.3 is 9.64 Å². The van der Waals surface area contributed by atoms with Crippen LogP contribution < -0.4 is 9.62 Å². The summed E-state index contributed by atoms with van der Waals surface area (Å²) >= 11 is 0. The van der Waals surface area contributed by atoms with Crippen molar-refractivity contribution in [2.45, 2.75) is 53.0 Å². The number of alkyl halides is 3. The Balaban J connectivity index is 2.07. The first-order valence-corrected chi connectivity index (χ1v) is 13.2. The highest BCUT2D eigenvalue weighted by molar-refractivity contribution is 7.93. The minimum Gasteiger partial charge on any atom is -0.462 e. The average molecular weight is 543 g/mol. The molecule has 0 radical (unpaired) electrons. The molecule has 0 unspecified atom stereocenters. The second-order valence-electron chi connectivity index (χ2n) is 8.98. The highest BCUT2D eigenvalue weighted by atomic mass is 32.2. The van der Waals surface area contributed by atoms with Crippen molar-refractivity contribution in [1.82, 2.24) is 9.97 Å². The molecule has 1 N–H and O–H groups in total. The molecule has 2 heterocycles. The zero-order chi connectivity index (χ0) is 27.5. The lowest BCUT2D eigenvalue weighted by Gasteiger charge is -2.33. The number of carbonyl (C=O) groups excluding carboxylic acids is 1. The summed E-state index contributed by atoms with van der Waals surface area (Å²) in [5.74, 6) is -0.459. The predicted octanol–water partition coefficient (Wildman–Crippen LogP) is 5.36. The van der Waals surface area contributed by atoms with Crippen LogP contribution in [0.5, 0.6) is 0 Å². The first-order chi connectivity index (χ1) is 17.2. The molecule has 0 atom stereocenters. The Morgan fingerprint density at radius 2 is 1.84 bits per heavy atom. The number of carbonyl (C=O) groups is 1. The van der Waals surface area contributed by atoms with E-state index >= 15 is 0 Å². The monoisotopic (exact) mass is 542 g/mol. The van der Waals surface area contributed by atoms with E-state index < -0.39 is 21.5 Å². The number of sulfonamides is 1. The molecule has 0 fully saturated rings. The predicted molar refractivity (Wildman–Crippen MR) is 132 cm³/mol. The molecule has 37 heavy (non-hydrogen) atoms. The van der Waals surface area contributed by atoms with E-state index in [-0.39, 0.29) is 46.8 Å². The quantitative estimate of drug-likeness (QED) is 0.352. The molecule has 14 heteroatoms. The largest absolute Gasteiger partial charge is 0.516 e. The maximum absolute atomic E-state index is 13.2. The van der Waals surface area contributed by atoms with Gasteiger partial charge in [-0.15, -0.1) is 10.2 Å². The Morgan fingerprint density at radius 3 is 2.41 bits per heavy atom. The number of nitrogens with one attached hydrogen (secondary N) is 1. The van der Waals surface area contributed by atoms with E-state index in [1.807, 2.05) is 18.7 Å². The van der Waals surface area contributed by atoms with Gasteiger partial charge >= 0.3 is 21.5 Å². The van der Waals surface area contributed by atoms with Crippen molar-refractivity contribution in [1.29, 1.82) is 0 Å². The summed E-state index contributed by atoms with van der Waals surface area (Å²) in [6.07, 6.45) is 1.46. The SMILES string of the molecule is CCOC(=O)c1c(C)nc(N=Nc2cc3c(cc2NS(=O)(=O)C(F)(F)F)N(CC(C)C)CCC3)nc1C. The van der Waals surface area contributed by atoms with E-state index in [9.17, 15) is 26.4 Å². The third-order valence-electron chi connectivity index (χ3n) is 5.53. The van der Waals surface area contributed by atoms with E-state index in [4.69, 9.17) is 4.74 Å². The summed E-state index contributed by atoms with van der Waals surface area (Å²) in [5.41, 5.74) is -3.81. The van der Waals surface area contributed by atoms with Gasteiger partial charge in [-0.3, -0.25) is 4.72 Å². The molecule has 0 bridgehead atoms. The normalized spacial score (nSPS) is 14.2. The molecule has 3 rings (SSSR count). The van der Waals surface area contributed by atoms with Crippen molar-refractivity contribution in [2.24, 2.45) is 16.1 Å². The average Bonchev–Trinajstić information content (AvgIpc) is 2.76. The molecule has 2 aromatic rings. The minimum atomic E-state index is -5.71. The van der Waals surface area contributed by atoms with Crippen molar-refractivity contribution in [3.05, 3.63) is 34.6 Å². The smallest absolute Gasteiger partial charge is 0.462 e. The van der Waals surface area contributed by atoms with E-state index in [0.29, 0.717) is 25.2 Å². The summed E-state index contributed by atoms with van der Waals surface area (Å²) in [6, 6.07) is 2.88. The van der Waals surface area contributed by atoms with Gasteiger partial charge in [0.15, 0.2) is 0 Å². The van der Waals surface area contributed by atoms with Crippen LogP contribution in [0.25, 0.3) is 0 Å². The number of fused-ring (bicyclic) bond motifs is 1. The number of aromatic nitrogens is 2. The molecule has 0 spiro atoms. The molecule has 202 valence electrons. The second kappa shape index (κ2) is 11.0.